The molecule has 5 nitrogen and oxygen atoms in total. The molecule has 106 valence electrons. The molecule has 1 N–H and O–H groups in total. The van der Waals surface area contributed by atoms with Crippen molar-refractivity contribution in [3.63, 3.8) is 0 Å². The zero-order chi connectivity index (χ0) is 14.5. The third kappa shape index (κ3) is 3.32. The van der Waals surface area contributed by atoms with Crippen molar-refractivity contribution in [2.75, 3.05) is 19.5 Å². The maximum absolute atomic E-state index is 12.0. The van der Waals surface area contributed by atoms with E-state index in [0.717, 1.165) is 5.56 Å². The Bertz CT molecular complexity index is 605. The Morgan fingerprint density at radius 1 is 1.25 bits per heavy atom. The number of nitrogens with zero attached hydrogens (tertiary/aromatic N) is 1. The molecule has 1 amide bonds. The van der Waals surface area contributed by atoms with E-state index in [1.54, 1.807) is 32.4 Å². The summed E-state index contributed by atoms with van der Waals surface area (Å²) in [6.45, 7) is 0. The summed E-state index contributed by atoms with van der Waals surface area (Å²) in [6.07, 6.45) is 4.16. The molecule has 0 spiro atoms. The number of anilines is 1. The van der Waals surface area contributed by atoms with E-state index in [1.807, 2.05) is 30.1 Å². The molecule has 0 saturated carbocycles. The molecule has 0 fully saturated rings. The minimum atomic E-state index is -0.0836. The van der Waals surface area contributed by atoms with Gasteiger partial charge in [-0.3, -0.25) is 4.79 Å². The van der Waals surface area contributed by atoms with Gasteiger partial charge in [0.05, 0.1) is 26.3 Å². The topological polar surface area (TPSA) is 52.5 Å². The first kappa shape index (κ1) is 14.0. The van der Waals surface area contributed by atoms with E-state index in [9.17, 15) is 4.79 Å². The standard InChI is InChI=1S/C15H18N2O3/c1-17-7-6-11(10-17)8-15(18)16-13-5-4-12(19-2)9-14(13)20-3/h4-7,9-10H,8H2,1-3H3,(H,16,18). The summed E-state index contributed by atoms with van der Waals surface area (Å²) in [4.78, 5) is 12.0. The predicted molar refractivity (Wildman–Crippen MR) is 77.3 cm³/mol. The first-order chi connectivity index (χ1) is 9.62. The van der Waals surface area contributed by atoms with E-state index in [4.69, 9.17) is 9.47 Å². The third-order valence-electron chi connectivity index (χ3n) is 2.94. The zero-order valence-corrected chi connectivity index (χ0v) is 11.8. The number of nitrogens with one attached hydrogen (secondary N) is 1. The van der Waals surface area contributed by atoms with Crippen molar-refractivity contribution >= 4 is 11.6 Å². The lowest BCUT2D eigenvalue weighted by Crippen LogP contribution is -2.14. The van der Waals surface area contributed by atoms with Crippen LogP contribution in [0.4, 0.5) is 5.69 Å². The molecule has 0 aliphatic rings. The second-order valence-electron chi connectivity index (χ2n) is 4.48. The molecule has 0 radical (unpaired) electrons. The smallest absolute Gasteiger partial charge is 0.228 e. The number of carbonyl (C=O) groups excluding carboxylic acids is 1. The van der Waals surface area contributed by atoms with Crippen LogP contribution in [0.15, 0.2) is 36.7 Å². The van der Waals surface area contributed by atoms with E-state index in [-0.39, 0.29) is 5.91 Å². The van der Waals surface area contributed by atoms with Gasteiger partial charge in [-0.1, -0.05) is 0 Å². The Morgan fingerprint density at radius 3 is 2.65 bits per heavy atom. The van der Waals surface area contributed by atoms with Gasteiger partial charge in [0.1, 0.15) is 11.5 Å². The molecular formula is C15H18N2O3. The Labute approximate surface area is 118 Å². The Kier molecular flexibility index (Phi) is 4.30. The van der Waals surface area contributed by atoms with Crippen LogP contribution in [-0.4, -0.2) is 24.7 Å². The van der Waals surface area contributed by atoms with Crippen molar-refractivity contribution in [2.45, 2.75) is 6.42 Å². The number of rotatable bonds is 5. The number of benzene rings is 1. The number of hydrogen-bond acceptors (Lipinski definition) is 3. The molecule has 2 aromatic rings. The number of methoxy groups -OCH3 is 2. The maximum Gasteiger partial charge on any atom is 0.228 e. The number of hydrogen-bond donors (Lipinski definition) is 1. The van der Waals surface area contributed by atoms with Crippen LogP contribution in [0.25, 0.3) is 0 Å². The summed E-state index contributed by atoms with van der Waals surface area (Å²) in [5, 5.41) is 2.84. The summed E-state index contributed by atoms with van der Waals surface area (Å²) in [6, 6.07) is 7.20. The number of carbonyl (C=O) groups is 1. The summed E-state index contributed by atoms with van der Waals surface area (Å²) in [5.41, 5.74) is 1.60. The Morgan fingerprint density at radius 2 is 2.05 bits per heavy atom. The number of ether oxygens (including phenoxy) is 2. The van der Waals surface area contributed by atoms with Crippen LogP contribution >= 0.6 is 0 Å². The molecule has 5 heteroatoms. The highest BCUT2D eigenvalue weighted by Gasteiger charge is 2.10. The van der Waals surface area contributed by atoms with Crippen LogP contribution in [0.3, 0.4) is 0 Å². The third-order valence-corrected chi connectivity index (χ3v) is 2.94. The summed E-state index contributed by atoms with van der Waals surface area (Å²) < 4.78 is 12.3. The molecule has 1 aromatic carbocycles. The van der Waals surface area contributed by atoms with Gasteiger partial charge >= 0.3 is 0 Å². The Hall–Kier alpha value is -2.43. The van der Waals surface area contributed by atoms with E-state index in [0.29, 0.717) is 23.6 Å². The molecule has 1 aromatic heterocycles. The first-order valence-electron chi connectivity index (χ1n) is 6.25. The van der Waals surface area contributed by atoms with E-state index >= 15 is 0 Å². The molecule has 0 aliphatic carbocycles. The number of aromatic nitrogens is 1. The molecule has 2 rings (SSSR count). The van der Waals surface area contributed by atoms with Gasteiger partial charge in [-0.25, -0.2) is 0 Å². The summed E-state index contributed by atoms with van der Waals surface area (Å²) >= 11 is 0. The lowest BCUT2D eigenvalue weighted by Gasteiger charge is -2.11. The molecule has 0 aliphatic heterocycles. The van der Waals surface area contributed by atoms with Crippen LogP contribution in [0.2, 0.25) is 0 Å². The van der Waals surface area contributed by atoms with Crippen molar-refractivity contribution in [1.29, 1.82) is 0 Å². The second kappa shape index (κ2) is 6.14. The second-order valence-corrected chi connectivity index (χ2v) is 4.48. The molecule has 0 atom stereocenters. The van der Waals surface area contributed by atoms with Crippen molar-refractivity contribution < 1.29 is 14.3 Å². The van der Waals surface area contributed by atoms with Gasteiger partial charge in [0.25, 0.3) is 0 Å². The van der Waals surface area contributed by atoms with E-state index in [1.165, 1.54) is 0 Å². The summed E-state index contributed by atoms with van der Waals surface area (Å²) in [5.74, 6) is 1.17. The highest BCUT2D eigenvalue weighted by Crippen LogP contribution is 2.29. The van der Waals surface area contributed by atoms with Gasteiger partial charge in [0.15, 0.2) is 0 Å². The minimum absolute atomic E-state index is 0.0836. The zero-order valence-electron chi connectivity index (χ0n) is 11.8. The number of aryl methyl sites for hydroxylation is 1. The number of amides is 1. The average molecular weight is 274 g/mol. The quantitative estimate of drug-likeness (QED) is 0.909. The molecule has 20 heavy (non-hydrogen) atoms. The van der Waals surface area contributed by atoms with Gasteiger partial charge in [0.2, 0.25) is 5.91 Å². The maximum atomic E-state index is 12.0. The van der Waals surface area contributed by atoms with Crippen molar-refractivity contribution in [3.8, 4) is 11.5 Å². The lowest BCUT2D eigenvalue weighted by molar-refractivity contribution is -0.115. The molecular weight excluding hydrogens is 256 g/mol. The monoisotopic (exact) mass is 274 g/mol. The van der Waals surface area contributed by atoms with Gasteiger partial charge in [0, 0.05) is 25.5 Å². The van der Waals surface area contributed by atoms with Crippen LogP contribution in [0.5, 0.6) is 11.5 Å². The van der Waals surface area contributed by atoms with Crippen molar-refractivity contribution in [3.05, 3.63) is 42.2 Å². The van der Waals surface area contributed by atoms with Crippen LogP contribution in [0.1, 0.15) is 5.56 Å². The van der Waals surface area contributed by atoms with Gasteiger partial charge < -0.3 is 19.4 Å². The Balaban J connectivity index is 2.07. The lowest BCUT2D eigenvalue weighted by atomic mass is 10.2. The molecule has 0 unspecified atom stereocenters. The van der Waals surface area contributed by atoms with Crippen molar-refractivity contribution in [2.24, 2.45) is 7.05 Å². The molecule has 0 saturated heterocycles. The fraction of sp³-hybridized carbons (Fsp3) is 0.267. The van der Waals surface area contributed by atoms with Crippen LogP contribution in [-0.2, 0) is 18.3 Å². The fourth-order valence-corrected chi connectivity index (χ4v) is 1.95. The van der Waals surface area contributed by atoms with Gasteiger partial charge in [-0.15, -0.1) is 0 Å². The normalized spacial score (nSPS) is 10.2. The highest BCUT2D eigenvalue weighted by atomic mass is 16.5. The van der Waals surface area contributed by atoms with E-state index in [2.05, 4.69) is 5.32 Å². The summed E-state index contributed by atoms with van der Waals surface area (Å²) in [7, 11) is 5.07. The first-order valence-corrected chi connectivity index (χ1v) is 6.25. The molecule has 1 heterocycles. The van der Waals surface area contributed by atoms with Crippen molar-refractivity contribution in [1.82, 2.24) is 4.57 Å². The van der Waals surface area contributed by atoms with Gasteiger partial charge in [-0.05, 0) is 23.8 Å². The van der Waals surface area contributed by atoms with E-state index < -0.39 is 0 Å². The fourth-order valence-electron chi connectivity index (χ4n) is 1.95. The minimum Gasteiger partial charge on any atom is -0.497 e. The van der Waals surface area contributed by atoms with Crippen LogP contribution < -0.4 is 14.8 Å². The SMILES string of the molecule is COc1ccc(NC(=O)Cc2ccn(C)c2)c(OC)c1. The van der Waals surface area contributed by atoms with Crippen LogP contribution in [0, 0.1) is 0 Å². The molecule has 0 bridgehead atoms. The largest absolute Gasteiger partial charge is 0.497 e. The predicted octanol–water partition coefficient (Wildman–Crippen LogP) is 2.22. The average Bonchev–Trinajstić information content (AvgIpc) is 2.84. The highest BCUT2D eigenvalue weighted by molar-refractivity contribution is 5.93. The van der Waals surface area contributed by atoms with Gasteiger partial charge in [-0.2, -0.15) is 0 Å².